The third-order valence-corrected chi connectivity index (χ3v) is 4.74. The van der Waals surface area contributed by atoms with Crippen LogP contribution in [0.2, 0.25) is 0 Å². The van der Waals surface area contributed by atoms with E-state index in [9.17, 15) is 4.79 Å². The third-order valence-electron chi connectivity index (χ3n) is 4.74. The summed E-state index contributed by atoms with van der Waals surface area (Å²) in [4.78, 5) is 27.3. The van der Waals surface area contributed by atoms with Gasteiger partial charge in [0.05, 0.1) is 13.2 Å². The van der Waals surface area contributed by atoms with E-state index in [1.54, 1.807) is 6.20 Å². The van der Waals surface area contributed by atoms with Crippen molar-refractivity contribution >= 4 is 17.8 Å². The molecule has 2 amide bonds. The van der Waals surface area contributed by atoms with Crippen molar-refractivity contribution in [2.24, 2.45) is 5.92 Å². The predicted molar refractivity (Wildman–Crippen MR) is 96.9 cm³/mol. The van der Waals surface area contributed by atoms with E-state index in [0.717, 1.165) is 58.2 Å². The van der Waals surface area contributed by atoms with Gasteiger partial charge < -0.3 is 14.5 Å². The Morgan fingerprint density at radius 1 is 1.36 bits per heavy atom. The van der Waals surface area contributed by atoms with Gasteiger partial charge in [-0.15, -0.1) is 0 Å². The normalized spacial score (nSPS) is 21.8. The second kappa shape index (κ2) is 8.44. The second-order valence-corrected chi connectivity index (χ2v) is 6.93. The zero-order valence-corrected chi connectivity index (χ0v) is 15.1. The SMILES string of the molecule is CN(C)c1ccnc(NC(=O)N2CCC[C@H](CN3CCOCC3)C2)n1. The number of nitrogens with zero attached hydrogens (tertiary/aromatic N) is 5. The summed E-state index contributed by atoms with van der Waals surface area (Å²) in [5.74, 6) is 1.65. The van der Waals surface area contributed by atoms with Gasteiger partial charge in [-0.05, 0) is 24.8 Å². The van der Waals surface area contributed by atoms with Crippen LogP contribution in [0.5, 0.6) is 0 Å². The summed E-state index contributed by atoms with van der Waals surface area (Å²) < 4.78 is 5.41. The van der Waals surface area contributed by atoms with Crippen LogP contribution in [0.15, 0.2) is 12.3 Å². The number of morpholine rings is 1. The summed E-state index contributed by atoms with van der Waals surface area (Å²) >= 11 is 0. The molecule has 0 aliphatic carbocycles. The van der Waals surface area contributed by atoms with Gasteiger partial charge in [-0.2, -0.15) is 4.98 Å². The molecule has 2 saturated heterocycles. The summed E-state index contributed by atoms with van der Waals surface area (Å²) in [5, 5.41) is 2.84. The maximum absolute atomic E-state index is 12.6. The maximum Gasteiger partial charge on any atom is 0.324 e. The molecule has 1 N–H and O–H groups in total. The van der Waals surface area contributed by atoms with Gasteiger partial charge in [-0.25, -0.2) is 9.78 Å². The van der Waals surface area contributed by atoms with Gasteiger partial charge in [0.25, 0.3) is 0 Å². The first-order valence-electron chi connectivity index (χ1n) is 8.98. The van der Waals surface area contributed by atoms with E-state index in [1.807, 2.05) is 30.0 Å². The first-order valence-corrected chi connectivity index (χ1v) is 8.98. The molecule has 0 radical (unpaired) electrons. The lowest BCUT2D eigenvalue weighted by atomic mass is 9.97. The molecular formula is C17H28N6O2. The molecule has 2 aliphatic heterocycles. The van der Waals surface area contributed by atoms with Crippen LogP contribution in [0.1, 0.15) is 12.8 Å². The molecule has 8 nitrogen and oxygen atoms in total. The van der Waals surface area contributed by atoms with Crippen LogP contribution in [-0.2, 0) is 4.74 Å². The van der Waals surface area contributed by atoms with Gasteiger partial charge in [-0.3, -0.25) is 10.2 Å². The minimum absolute atomic E-state index is 0.109. The summed E-state index contributed by atoms with van der Waals surface area (Å²) in [6, 6.07) is 1.71. The lowest BCUT2D eigenvalue weighted by molar-refractivity contribution is 0.0252. The number of hydrogen-bond acceptors (Lipinski definition) is 6. The minimum Gasteiger partial charge on any atom is -0.379 e. The molecule has 138 valence electrons. The monoisotopic (exact) mass is 348 g/mol. The molecule has 1 atom stereocenters. The largest absolute Gasteiger partial charge is 0.379 e. The first kappa shape index (κ1) is 17.9. The van der Waals surface area contributed by atoms with Crippen molar-refractivity contribution in [3.8, 4) is 0 Å². The fraction of sp³-hybridized carbons (Fsp3) is 0.706. The highest BCUT2D eigenvalue weighted by Crippen LogP contribution is 2.19. The Labute approximate surface area is 149 Å². The van der Waals surface area contributed by atoms with Crippen molar-refractivity contribution in [3.05, 3.63) is 12.3 Å². The molecule has 0 bridgehead atoms. The van der Waals surface area contributed by atoms with Gasteiger partial charge in [0, 0.05) is 53.0 Å². The van der Waals surface area contributed by atoms with Crippen molar-refractivity contribution in [1.82, 2.24) is 19.8 Å². The molecule has 25 heavy (non-hydrogen) atoms. The van der Waals surface area contributed by atoms with Gasteiger partial charge >= 0.3 is 6.03 Å². The quantitative estimate of drug-likeness (QED) is 0.879. The first-order chi connectivity index (χ1) is 12.1. The Bertz CT molecular complexity index is 576. The van der Waals surface area contributed by atoms with Crippen LogP contribution in [0.25, 0.3) is 0 Å². The van der Waals surface area contributed by atoms with E-state index >= 15 is 0 Å². The molecule has 3 heterocycles. The number of hydrogen-bond donors (Lipinski definition) is 1. The van der Waals surface area contributed by atoms with Crippen molar-refractivity contribution in [2.45, 2.75) is 12.8 Å². The average molecular weight is 348 g/mol. The van der Waals surface area contributed by atoms with Crippen LogP contribution >= 0.6 is 0 Å². The second-order valence-electron chi connectivity index (χ2n) is 6.93. The number of aromatic nitrogens is 2. The molecular weight excluding hydrogens is 320 g/mol. The lowest BCUT2D eigenvalue weighted by Gasteiger charge is -2.36. The number of urea groups is 1. The number of anilines is 2. The highest BCUT2D eigenvalue weighted by atomic mass is 16.5. The van der Waals surface area contributed by atoms with E-state index in [0.29, 0.717) is 11.9 Å². The fourth-order valence-corrected chi connectivity index (χ4v) is 3.38. The van der Waals surface area contributed by atoms with Gasteiger partial charge in [-0.1, -0.05) is 0 Å². The molecule has 8 heteroatoms. The molecule has 0 saturated carbocycles. The molecule has 1 aromatic heterocycles. The lowest BCUT2D eigenvalue weighted by Crippen LogP contribution is -2.47. The average Bonchev–Trinajstić information content (AvgIpc) is 2.63. The van der Waals surface area contributed by atoms with E-state index in [2.05, 4.69) is 20.2 Å². The van der Waals surface area contributed by atoms with Crippen molar-refractivity contribution in [2.75, 3.05) is 70.2 Å². The van der Waals surface area contributed by atoms with Gasteiger partial charge in [0.2, 0.25) is 5.95 Å². The Balaban J connectivity index is 1.53. The Hall–Kier alpha value is -1.93. The molecule has 0 aromatic carbocycles. The summed E-state index contributed by atoms with van der Waals surface area (Å²) in [5.41, 5.74) is 0. The summed E-state index contributed by atoms with van der Waals surface area (Å²) in [6.45, 7) is 6.24. The van der Waals surface area contributed by atoms with Gasteiger partial charge in [0.15, 0.2) is 0 Å². The zero-order chi connectivity index (χ0) is 17.6. The van der Waals surface area contributed by atoms with E-state index < -0.39 is 0 Å². The van der Waals surface area contributed by atoms with E-state index in [1.165, 1.54) is 6.42 Å². The summed E-state index contributed by atoms with van der Waals surface area (Å²) in [7, 11) is 3.82. The van der Waals surface area contributed by atoms with E-state index in [4.69, 9.17) is 4.74 Å². The molecule has 2 aliphatic rings. The standard InChI is InChI=1S/C17H28N6O2/c1-21(2)15-5-6-18-16(19-15)20-17(24)23-7-3-4-14(13-23)12-22-8-10-25-11-9-22/h5-6,14H,3-4,7-13H2,1-2H3,(H,18,19,20,24)/t14-/m1/s1. The van der Waals surface area contributed by atoms with Gasteiger partial charge in [0.1, 0.15) is 5.82 Å². The Morgan fingerprint density at radius 3 is 2.92 bits per heavy atom. The zero-order valence-electron chi connectivity index (χ0n) is 15.1. The fourth-order valence-electron chi connectivity index (χ4n) is 3.38. The number of likely N-dealkylation sites (tertiary alicyclic amines) is 1. The molecule has 0 unspecified atom stereocenters. The highest BCUT2D eigenvalue weighted by Gasteiger charge is 2.26. The number of ether oxygens (including phenoxy) is 1. The van der Waals surface area contributed by atoms with Crippen LogP contribution in [0, 0.1) is 5.92 Å². The number of rotatable bonds is 4. The number of piperidine rings is 1. The van der Waals surface area contributed by atoms with Crippen LogP contribution in [0.4, 0.5) is 16.6 Å². The number of carbonyl (C=O) groups is 1. The minimum atomic E-state index is -0.109. The summed E-state index contributed by atoms with van der Waals surface area (Å²) in [6.07, 6.45) is 3.88. The Kier molecular flexibility index (Phi) is 6.04. The van der Waals surface area contributed by atoms with Crippen LogP contribution in [-0.4, -0.2) is 85.8 Å². The number of nitrogens with one attached hydrogen (secondary N) is 1. The Morgan fingerprint density at radius 2 is 2.16 bits per heavy atom. The molecule has 0 spiro atoms. The number of carbonyl (C=O) groups excluding carboxylic acids is 1. The third kappa shape index (κ3) is 5.02. The highest BCUT2D eigenvalue weighted by molar-refractivity contribution is 5.87. The van der Waals surface area contributed by atoms with Crippen LogP contribution in [0.3, 0.4) is 0 Å². The van der Waals surface area contributed by atoms with Crippen molar-refractivity contribution < 1.29 is 9.53 Å². The molecule has 3 rings (SSSR count). The smallest absolute Gasteiger partial charge is 0.324 e. The topological polar surface area (TPSA) is 73.8 Å². The van der Waals surface area contributed by atoms with Crippen LogP contribution < -0.4 is 10.2 Å². The number of amides is 2. The maximum atomic E-state index is 12.6. The predicted octanol–water partition coefficient (Wildman–Crippen LogP) is 1.12. The molecule has 1 aromatic rings. The van der Waals surface area contributed by atoms with E-state index in [-0.39, 0.29) is 6.03 Å². The van der Waals surface area contributed by atoms with Crippen molar-refractivity contribution in [3.63, 3.8) is 0 Å². The van der Waals surface area contributed by atoms with Crippen molar-refractivity contribution in [1.29, 1.82) is 0 Å². The molecule has 2 fully saturated rings.